The Balaban J connectivity index is 1.50. The third-order valence-corrected chi connectivity index (χ3v) is 6.39. The molecule has 2 heterocycles. The van der Waals surface area contributed by atoms with Crippen LogP contribution in [0.2, 0.25) is 0 Å². The zero-order valence-electron chi connectivity index (χ0n) is 17.7. The molecule has 1 N–H and O–H groups in total. The Morgan fingerprint density at radius 2 is 2.04 bits per heavy atom. The first-order chi connectivity index (χ1) is 13.5. The van der Waals surface area contributed by atoms with Gasteiger partial charge in [-0.1, -0.05) is 26.7 Å². The first-order valence-corrected chi connectivity index (χ1v) is 10.9. The molecule has 4 atom stereocenters. The van der Waals surface area contributed by atoms with E-state index < -0.39 is 0 Å². The molecule has 0 aromatic rings. The monoisotopic (exact) mass is 395 g/mol. The molecule has 3 fully saturated rings. The number of rotatable bonds is 7. The maximum absolute atomic E-state index is 12.7. The predicted octanol–water partition coefficient (Wildman–Crippen LogP) is 1.27. The van der Waals surface area contributed by atoms with E-state index in [1.165, 1.54) is 20.0 Å². The number of esters is 1. The van der Waals surface area contributed by atoms with Crippen molar-refractivity contribution < 1.29 is 19.1 Å². The molecule has 0 bridgehead atoms. The number of nitrogens with one attached hydrogen (secondary N) is 1. The lowest BCUT2D eigenvalue weighted by atomic mass is 9.85. The van der Waals surface area contributed by atoms with Crippen molar-refractivity contribution in [2.45, 2.75) is 64.1 Å². The minimum Gasteiger partial charge on any atom is -0.468 e. The Morgan fingerprint density at radius 3 is 2.79 bits per heavy atom. The van der Waals surface area contributed by atoms with Gasteiger partial charge in [0.25, 0.3) is 0 Å². The van der Waals surface area contributed by atoms with E-state index in [2.05, 4.69) is 29.0 Å². The summed E-state index contributed by atoms with van der Waals surface area (Å²) in [6.45, 7) is 8.83. The van der Waals surface area contributed by atoms with Gasteiger partial charge in [0.15, 0.2) is 0 Å². The molecular weight excluding hydrogens is 358 g/mol. The van der Waals surface area contributed by atoms with Crippen molar-refractivity contribution in [2.24, 2.45) is 11.8 Å². The zero-order valence-corrected chi connectivity index (χ0v) is 17.7. The first-order valence-electron chi connectivity index (χ1n) is 10.9. The average molecular weight is 396 g/mol. The quantitative estimate of drug-likeness (QED) is 0.655. The van der Waals surface area contributed by atoms with Crippen LogP contribution in [0.1, 0.15) is 46.0 Å². The minimum atomic E-state index is -0.281. The number of likely N-dealkylation sites (tertiary alicyclic amines) is 1. The fraction of sp³-hybridized carbons (Fsp3) is 0.905. The van der Waals surface area contributed by atoms with Crippen LogP contribution < -0.4 is 5.32 Å². The van der Waals surface area contributed by atoms with Gasteiger partial charge in [0.1, 0.15) is 6.04 Å². The molecule has 7 nitrogen and oxygen atoms in total. The number of amides is 1. The van der Waals surface area contributed by atoms with Gasteiger partial charge in [0.05, 0.1) is 26.4 Å². The van der Waals surface area contributed by atoms with Gasteiger partial charge in [-0.3, -0.25) is 19.4 Å². The number of morpholine rings is 1. The molecule has 28 heavy (non-hydrogen) atoms. The van der Waals surface area contributed by atoms with Gasteiger partial charge in [-0.2, -0.15) is 0 Å². The summed E-state index contributed by atoms with van der Waals surface area (Å²) in [6, 6.07) is 0.0485. The Bertz CT molecular complexity index is 542. The van der Waals surface area contributed by atoms with E-state index in [4.69, 9.17) is 9.47 Å². The minimum absolute atomic E-state index is 0.0234. The molecule has 3 aliphatic rings. The first kappa shape index (κ1) is 21.5. The SMILES string of the molecule is COC(=O)C1CC2CCCCC2N1CC(=O)NCC1CN(CC(C)C)CCO1. The Hall–Kier alpha value is -1.18. The fourth-order valence-electron chi connectivity index (χ4n) is 5.18. The van der Waals surface area contributed by atoms with E-state index >= 15 is 0 Å². The van der Waals surface area contributed by atoms with Gasteiger partial charge in [-0.25, -0.2) is 0 Å². The van der Waals surface area contributed by atoms with Gasteiger partial charge in [0, 0.05) is 32.2 Å². The van der Waals surface area contributed by atoms with Crippen LogP contribution in [-0.4, -0.2) is 86.3 Å². The normalized spacial score (nSPS) is 31.6. The molecule has 1 saturated carbocycles. The third kappa shape index (κ3) is 5.45. The van der Waals surface area contributed by atoms with Gasteiger partial charge in [-0.05, 0) is 31.1 Å². The summed E-state index contributed by atoms with van der Waals surface area (Å²) in [7, 11) is 1.44. The number of hydrogen-bond acceptors (Lipinski definition) is 6. The van der Waals surface area contributed by atoms with Gasteiger partial charge in [0.2, 0.25) is 5.91 Å². The average Bonchev–Trinajstić information content (AvgIpc) is 3.04. The van der Waals surface area contributed by atoms with Gasteiger partial charge in [-0.15, -0.1) is 0 Å². The van der Waals surface area contributed by atoms with Crippen molar-refractivity contribution in [2.75, 3.05) is 46.4 Å². The van der Waals surface area contributed by atoms with Gasteiger partial charge < -0.3 is 14.8 Å². The molecule has 4 unspecified atom stereocenters. The number of carbonyl (C=O) groups excluding carboxylic acids is 2. The second-order valence-electron chi connectivity index (χ2n) is 9.01. The highest BCUT2D eigenvalue weighted by Gasteiger charge is 2.46. The molecule has 1 aliphatic carbocycles. The maximum Gasteiger partial charge on any atom is 0.323 e. The molecule has 7 heteroatoms. The highest BCUT2D eigenvalue weighted by molar-refractivity contribution is 5.81. The van der Waals surface area contributed by atoms with Crippen LogP contribution in [0.3, 0.4) is 0 Å². The molecule has 160 valence electrons. The van der Waals surface area contributed by atoms with E-state index in [0.29, 0.717) is 31.0 Å². The Labute approximate surface area is 169 Å². The molecule has 2 saturated heterocycles. The second kappa shape index (κ2) is 10.0. The molecule has 0 aromatic heterocycles. The van der Waals surface area contributed by atoms with Crippen LogP contribution in [0, 0.1) is 11.8 Å². The molecule has 0 radical (unpaired) electrons. The standard InChI is InChI=1S/C21H37N3O4/c1-15(2)12-23-8-9-28-17(13-23)11-22-20(25)14-24-18-7-5-4-6-16(18)10-19(24)21(26)27-3/h15-19H,4-14H2,1-3H3,(H,22,25). The summed E-state index contributed by atoms with van der Waals surface area (Å²) in [5.41, 5.74) is 0. The summed E-state index contributed by atoms with van der Waals surface area (Å²) in [5, 5.41) is 3.04. The summed E-state index contributed by atoms with van der Waals surface area (Å²) < 4.78 is 10.8. The van der Waals surface area contributed by atoms with Gasteiger partial charge >= 0.3 is 5.97 Å². The number of nitrogens with zero attached hydrogens (tertiary/aromatic N) is 2. The smallest absolute Gasteiger partial charge is 0.323 e. The molecule has 1 amide bonds. The van der Waals surface area contributed by atoms with E-state index in [0.717, 1.165) is 38.9 Å². The lowest BCUT2D eigenvalue weighted by Crippen LogP contribution is -2.51. The molecule has 0 spiro atoms. The van der Waals surface area contributed by atoms with E-state index in [1.54, 1.807) is 0 Å². The van der Waals surface area contributed by atoms with Crippen molar-refractivity contribution in [1.82, 2.24) is 15.1 Å². The highest BCUT2D eigenvalue weighted by Crippen LogP contribution is 2.39. The topological polar surface area (TPSA) is 71.1 Å². The summed E-state index contributed by atoms with van der Waals surface area (Å²) in [4.78, 5) is 29.4. The fourth-order valence-corrected chi connectivity index (χ4v) is 5.18. The maximum atomic E-state index is 12.7. The van der Waals surface area contributed by atoms with Crippen LogP contribution in [0.4, 0.5) is 0 Å². The second-order valence-corrected chi connectivity index (χ2v) is 9.01. The van der Waals surface area contributed by atoms with Crippen molar-refractivity contribution >= 4 is 11.9 Å². The molecule has 0 aromatic carbocycles. The van der Waals surface area contributed by atoms with Crippen LogP contribution in [0.15, 0.2) is 0 Å². The molecular formula is C21H37N3O4. The Morgan fingerprint density at radius 1 is 1.25 bits per heavy atom. The van der Waals surface area contributed by atoms with Crippen LogP contribution in [0.5, 0.6) is 0 Å². The van der Waals surface area contributed by atoms with Crippen molar-refractivity contribution in [1.29, 1.82) is 0 Å². The van der Waals surface area contributed by atoms with E-state index in [-0.39, 0.29) is 30.6 Å². The lowest BCUT2D eigenvalue weighted by Gasteiger charge is -2.34. The molecule has 3 rings (SSSR count). The number of fused-ring (bicyclic) bond motifs is 1. The molecule has 2 aliphatic heterocycles. The number of ether oxygens (including phenoxy) is 2. The zero-order chi connectivity index (χ0) is 20.1. The van der Waals surface area contributed by atoms with Crippen LogP contribution in [-0.2, 0) is 19.1 Å². The third-order valence-electron chi connectivity index (χ3n) is 6.39. The van der Waals surface area contributed by atoms with Crippen molar-refractivity contribution in [3.8, 4) is 0 Å². The van der Waals surface area contributed by atoms with Crippen molar-refractivity contribution in [3.05, 3.63) is 0 Å². The summed E-state index contributed by atoms with van der Waals surface area (Å²) in [5.74, 6) is 0.908. The summed E-state index contributed by atoms with van der Waals surface area (Å²) >= 11 is 0. The van der Waals surface area contributed by atoms with Crippen LogP contribution in [0.25, 0.3) is 0 Å². The van der Waals surface area contributed by atoms with Crippen molar-refractivity contribution in [3.63, 3.8) is 0 Å². The summed E-state index contributed by atoms with van der Waals surface area (Å²) in [6.07, 6.45) is 5.48. The predicted molar refractivity (Wildman–Crippen MR) is 107 cm³/mol. The number of methoxy groups -OCH3 is 1. The van der Waals surface area contributed by atoms with E-state index in [9.17, 15) is 9.59 Å². The largest absolute Gasteiger partial charge is 0.468 e. The number of hydrogen-bond donors (Lipinski definition) is 1. The Kier molecular flexibility index (Phi) is 7.71. The lowest BCUT2D eigenvalue weighted by molar-refractivity contribution is -0.146. The highest BCUT2D eigenvalue weighted by atomic mass is 16.5. The van der Waals surface area contributed by atoms with E-state index in [1.807, 2.05) is 0 Å². The van der Waals surface area contributed by atoms with Crippen LogP contribution >= 0.6 is 0 Å². The number of carbonyl (C=O) groups is 2.